The first kappa shape index (κ1) is 11.9. The Kier molecular flexibility index (Phi) is 3.03. The molecule has 0 amide bonds. The molecule has 0 bridgehead atoms. The van der Waals surface area contributed by atoms with Gasteiger partial charge in [-0.25, -0.2) is 0 Å². The first-order chi connectivity index (χ1) is 7.98. The molecule has 0 aliphatic heterocycles. The van der Waals surface area contributed by atoms with Crippen molar-refractivity contribution in [2.75, 3.05) is 19.1 Å². The van der Waals surface area contributed by atoms with Gasteiger partial charge in [0, 0.05) is 22.8 Å². The summed E-state index contributed by atoms with van der Waals surface area (Å²) in [5, 5.41) is 0.723. The van der Waals surface area contributed by atoms with Crippen molar-refractivity contribution in [1.29, 1.82) is 0 Å². The Morgan fingerprint density at radius 3 is 2.53 bits per heavy atom. The maximum Gasteiger partial charge on any atom is 0.111 e. The van der Waals surface area contributed by atoms with Crippen LogP contribution in [-0.2, 0) is 4.57 Å². The highest BCUT2D eigenvalue weighted by Gasteiger charge is 2.15. The molecule has 17 heavy (non-hydrogen) atoms. The summed E-state index contributed by atoms with van der Waals surface area (Å²) in [5.41, 5.74) is 8.25. The van der Waals surface area contributed by atoms with Crippen LogP contribution in [0, 0.1) is 0 Å². The molecule has 0 spiro atoms. The first-order valence-electron chi connectivity index (χ1n) is 5.35. The van der Waals surface area contributed by atoms with E-state index in [1.165, 1.54) is 0 Å². The van der Waals surface area contributed by atoms with Crippen LogP contribution >= 0.6 is 7.14 Å². The predicted octanol–water partition coefficient (Wildman–Crippen LogP) is 2.58. The molecule has 3 nitrogen and oxygen atoms in total. The normalized spacial score (nSPS) is 11.4. The van der Waals surface area contributed by atoms with Crippen LogP contribution in [0.15, 0.2) is 42.6 Å². The molecule has 2 rings (SSSR count). The Bertz CT molecular complexity index is 575. The lowest BCUT2D eigenvalue weighted by atomic mass is 10.1. The molecule has 2 N–H and O–H groups in total. The van der Waals surface area contributed by atoms with E-state index in [1.54, 1.807) is 25.6 Å². The van der Waals surface area contributed by atoms with Gasteiger partial charge in [-0.1, -0.05) is 12.1 Å². The second-order valence-electron chi connectivity index (χ2n) is 4.34. The van der Waals surface area contributed by atoms with Gasteiger partial charge in [0.1, 0.15) is 7.14 Å². The average molecular weight is 246 g/mol. The van der Waals surface area contributed by atoms with Gasteiger partial charge in [0.05, 0.1) is 5.69 Å². The number of nitrogens with two attached hydrogens (primary N) is 1. The summed E-state index contributed by atoms with van der Waals surface area (Å²) in [4.78, 5) is 4.27. The summed E-state index contributed by atoms with van der Waals surface area (Å²) in [5.74, 6) is 0. The second kappa shape index (κ2) is 4.34. The van der Waals surface area contributed by atoms with Crippen molar-refractivity contribution in [1.82, 2.24) is 4.98 Å². The van der Waals surface area contributed by atoms with E-state index in [0.717, 1.165) is 16.6 Å². The molecular weight excluding hydrogens is 231 g/mol. The molecule has 0 unspecified atom stereocenters. The van der Waals surface area contributed by atoms with Crippen molar-refractivity contribution in [3.63, 3.8) is 0 Å². The number of anilines is 1. The lowest BCUT2D eigenvalue weighted by Gasteiger charge is -2.12. The molecular formula is C13H15N2OP. The minimum atomic E-state index is -2.36. The van der Waals surface area contributed by atoms with E-state index in [4.69, 9.17) is 5.73 Å². The SMILES string of the molecule is CP(C)(=O)c1cc(-c2ccccn2)ccc1N. The topological polar surface area (TPSA) is 56.0 Å². The van der Waals surface area contributed by atoms with E-state index in [1.807, 2.05) is 30.3 Å². The minimum Gasteiger partial charge on any atom is -0.398 e. The monoisotopic (exact) mass is 246 g/mol. The fraction of sp³-hybridized carbons (Fsp3) is 0.154. The molecule has 0 saturated heterocycles. The number of hydrogen-bond donors (Lipinski definition) is 1. The quantitative estimate of drug-likeness (QED) is 0.654. The summed E-state index contributed by atoms with van der Waals surface area (Å²) in [6.07, 6.45) is 1.74. The van der Waals surface area contributed by atoms with Crippen LogP contribution < -0.4 is 11.0 Å². The first-order valence-corrected chi connectivity index (χ1v) is 7.95. The number of pyridine rings is 1. The minimum absolute atomic E-state index is 0.581. The van der Waals surface area contributed by atoms with E-state index in [2.05, 4.69) is 4.98 Å². The largest absolute Gasteiger partial charge is 0.398 e. The molecule has 0 aliphatic carbocycles. The van der Waals surface area contributed by atoms with Crippen LogP contribution in [0.4, 0.5) is 5.69 Å². The third-order valence-corrected chi connectivity index (χ3v) is 4.12. The van der Waals surface area contributed by atoms with Crippen molar-refractivity contribution < 1.29 is 4.57 Å². The van der Waals surface area contributed by atoms with E-state index in [-0.39, 0.29) is 0 Å². The van der Waals surface area contributed by atoms with Crippen molar-refractivity contribution in [3.8, 4) is 11.3 Å². The van der Waals surface area contributed by atoms with E-state index in [9.17, 15) is 4.57 Å². The Hall–Kier alpha value is -1.60. The number of rotatable bonds is 2. The van der Waals surface area contributed by atoms with Gasteiger partial charge in [-0.15, -0.1) is 0 Å². The third kappa shape index (κ3) is 2.56. The van der Waals surface area contributed by atoms with Gasteiger partial charge in [0.25, 0.3) is 0 Å². The van der Waals surface area contributed by atoms with Crippen LogP contribution in [-0.4, -0.2) is 18.3 Å². The number of nitrogen functional groups attached to an aromatic ring is 1. The summed E-state index contributed by atoms with van der Waals surface area (Å²) in [6, 6.07) is 11.3. The van der Waals surface area contributed by atoms with Crippen LogP contribution in [0.1, 0.15) is 0 Å². The highest BCUT2D eigenvalue weighted by Crippen LogP contribution is 2.38. The number of nitrogens with zero attached hydrogens (tertiary/aromatic N) is 1. The zero-order chi connectivity index (χ0) is 12.5. The van der Waals surface area contributed by atoms with Gasteiger partial charge in [-0.05, 0) is 37.6 Å². The summed E-state index contributed by atoms with van der Waals surface area (Å²) < 4.78 is 12.1. The van der Waals surface area contributed by atoms with Crippen molar-refractivity contribution in [3.05, 3.63) is 42.6 Å². The maximum atomic E-state index is 12.1. The van der Waals surface area contributed by atoms with Gasteiger partial charge in [0.15, 0.2) is 0 Å². The maximum absolute atomic E-state index is 12.1. The summed E-state index contributed by atoms with van der Waals surface area (Å²) in [7, 11) is -2.36. The lowest BCUT2D eigenvalue weighted by Crippen LogP contribution is -2.10. The third-order valence-electron chi connectivity index (χ3n) is 2.57. The highest BCUT2D eigenvalue weighted by molar-refractivity contribution is 7.70. The van der Waals surface area contributed by atoms with Crippen LogP contribution in [0.25, 0.3) is 11.3 Å². The Balaban J connectivity index is 2.56. The summed E-state index contributed by atoms with van der Waals surface area (Å²) >= 11 is 0. The van der Waals surface area contributed by atoms with Gasteiger partial charge in [-0.3, -0.25) is 4.98 Å². The Labute approximate surface area is 101 Å². The zero-order valence-electron chi connectivity index (χ0n) is 9.92. The molecule has 4 heteroatoms. The number of hydrogen-bond acceptors (Lipinski definition) is 3. The van der Waals surface area contributed by atoms with Crippen LogP contribution in [0.3, 0.4) is 0 Å². The highest BCUT2D eigenvalue weighted by atomic mass is 31.2. The molecule has 0 saturated carbocycles. The standard InChI is InChI=1S/C13H15N2OP/c1-17(2,16)13-9-10(6-7-11(13)14)12-5-3-4-8-15-12/h3-9H,14H2,1-2H3. The molecule has 2 aromatic rings. The van der Waals surface area contributed by atoms with Gasteiger partial charge in [0.2, 0.25) is 0 Å². The molecule has 0 fully saturated rings. The Morgan fingerprint density at radius 2 is 1.94 bits per heavy atom. The molecule has 0 aliphatic rings. The van der Waals surface area contributed by atoms with Gasteiger partial charge in [-0.2, -0.15) is 0 Å². The molecule has 1 heterocycles. The average Bonchev–Trinajstić information content (AvgIpc) is 2.29. The van der Waals surface area contributed by atoms with Crippen molar-refractivity contribution >= 4 is 18.1 Å². The van der Waals surface area contributed by atoms with Gasteiger partial charge >= 0.3 is 0 Å². The lowest BCUT2D eigenvalue weighted by molar-refractivity contribution is 0.588. The number of benzene rings is 1. The van der Waals surface area contributed by atoms with E-state index < -0.39 is 7.14 Å². The molecule has 1 aromatic heterocycles. The predicted molar refractivity (Wildman–Crippen MR) is 73.2 cm³/mol. The number of aromatic nitrogens is 1. The molecule has 0 radical (unpaired) electrons. The van der Waals surface area contributed by atoms with E-state index in [0.29, 0.717) is 5.69 Å². The zero-order valence-corrected chi connectivity index (χ0v) is 10.8. The second-order valence-corrected chi connectivity index (χ2v) is 7.52. The van der Waals surface area contributed by atoms with Crippen molar-refractivity contribution in [2.24, 2.45) is 0 Å². The smallest absolute Gasteiger partial charge is 0.111 e. The molecule has 88 valence electrons. The fourth-order valence-corrected chi connectivity index (χ4v) is 2.85. The van der Waals surface area contributed by atoms with Crippen LogP contribution in [0.5, 0.6) is 0 Å². The summed E-state index contributed by atoms with van der Waals surface area (Å²) in [6.45, 7) is 3.45. The molecule has 0 atom stereocenters. The van der Waals surface area contributed by atoms with Crippen molar-refractivity contribution in [2.45, 2.75) is 0 Å². The molecule has 1 aromatic carbocycles. The Morgan fingerprint density at radius 1 is 1.18 bits per heavy atom. The fourth-order valence-electron chi connectivity index (χ4n) is 1.70. The van der Waals surface area contributed by atoms with E-state index >= 15 is 0 Å². The van der Waals surface area contributed by atoms with Gasteiger partial charge < -0.3 is 10.3 Å². The van der Waals surface area contributed by atoms with Crippen LogP contribution in [0.2, 0.25) is 0 Å².